The molecular formula is C19H23N3O4S. The zero-order valence-corrected chi connectivity index (χ0v) is 16.0. The molecule has 0 radical (unpaired) electrons. The lowest BCUT2D eigenvalue weighted by Gasteiger charge is -2.09. The van der Waals surface area contributed by atoms with Crippen molar-refractivity contribution < 1.29 is 18.0 Å². The number of sulfonamides is 1. The van der Waals surface area contributed by atoms with Gasteiger partial charge in [-0.1, -0.05) is 38.1 Å². The molecule has 0 aliphatic heterocycles. The second-order valence-electron chi connectivity index (χ2n) is 6.43. The minimum Gasteiger partial charge on any atom is -0.347 e. The van der Waals surface area contributed by atoms with Crippen molar-refractivity contribution in [3.63, 3.8) is 0 Å². The Hall–Kier alpha value is -2.71. The molecule has 0 saturated heterocycles. The molecule has 144 valence electrons. The number of carbonyl (C=O) groups is 2. The zero-order chi connectivity index (χ0) is 20.0. The van der Waals surface area contributed by atoms with E-state index in [9.17, 15) is 18.0 Å². The highest BCUT2D eigenvalue weighted by Crippen LogP contribution is 2.17. The molecule has 0 spiro atoms. The van der Waals surface area contributed by atoms with E-state index in [1.54, 1.807) is 24.3 Å². The molecule has 2 aromatic rings. The molecule has 0 saturated carbocycles. The molecule has 2 aromatic carbocycles. The molecule has 0 fully saturated rings. The van der Waals surface area contributed by atoms with Crippen molar-refractivity contribution in [1.82, 2.24) is 5.32 Å². The third kappa shape index (κ3) is 6.19. The van der Waals surface area contributed by atoms with E-state index in [-0.39, 0.29) is 11.4 Å². The smallest absolute Gasteiger partial charge is 0.313 e. The summed E-state index contributed by atoms with van der Waals surface area (Å²) in [5, 5.41) is 10.1. The van der Waals surface area contributed by atoms with E-state index in [4.69, 9.17) is 5.14 Å². The van der Waals surface area contributed by atoms with Gasteiger partial charge in [0.1, 0.15) is 0 Å². The highest BCUT2D eigenvalue weighted by atomic mass is 32.2. The van der Waals surface area contributed by atoms with Crippen LogP contribution in [-0.2, 0) is 26.0 Å². The maximum absolute atomic E-state index is 11.9. The van der Waals surface area contributed by atoms with Gasteiger partial charge in [-0.25, -0.2) is 13.6 Å². The molecule has 0 unspecified atom stereocenters. The number of benzene rings is 2. The van der Waals surface area contributed by atoms with Crippen molar-refractivity contribution in [3.8, 4) is 0 Å². The van der Waals surface area contributed by atoms with Crippen LogP contribution in [0.2, 0.25) is 0 Å². The van der Waals surface area contributed by atoms with E-state index in [0.29, 0.717) is 18.0 Å². The van der Waals surface area contributed by atoms with Gasteiger partial charge in [0, 0.05) is 12.2 Å². The van der Waals surface area contributed by atoms with E-state index in [2.05, 4.69) is 24.5 Å². The Morgan fingerprint density at radius 1 is 0.963 bits per heavy atom. The van der Waals surface area contributed by atoms with Crippen LogP contribution in [0.3, 0.4) is 0 Å². The van der Waals surface area contributed by atoms with Gasteiger partial charge in [-0.15, -0.1) is 0 Å². The highest BCUT2D eigenvalue weighted by molar-refractivity contribution is 7.89. The van der Waals surface area contributed by atoms with E-state index >= 15 is 0 Å². The summed E-state index contributed by atoms with van der Waals surface area (Å²) in [5.74, 6) is -1.09. The molecule has 2 amide bonds. The molecule has 2 rings (SSSR count). The van der Waals surface area contributed by atoms with E-state index < -0.39 is 21.8 Å². The SMILES string of the molecule is CC(C)c1ccc(NC(=O)C(=O)NCCc2ccc(S(N)(=O)=O)cc2)cc1. The van der Waals surface area contributed by atoms with Crippen LogP contribution in [0.15, 0.2) is 53.4 Å². The molecule has 8 heteroatoms. The fraction of sp³-hybridized carbons (Fsp3) is 0.263. The number of amides is 2. The Bertz CT molecular complexity index is 905. The summed E-state index contributed by atoms with van der Waals surface area (Å²) in [6, 6.07) is 13.4. The van der Waals surface area contributed by atoms with Gasteiger partial charge in [0.2, 0.25) is 10.0 Å². The average molecular weight is 389 g/mol. The monoisotopic (exact) mass is 389 g/mol. The van der Waals surface area contributed by atoms with Gasteiger partial charge in [0.05, 0.1) is 4.90 Å². The van der Waals surface area contributed by atoms with Crippen molar-refractivity contribution in [1.29, 1.82) is 0 Å². The maximum atomic E-state index is 11.9. The van der Waals surface area contributed by atoms with Crippen molar-refractivity contribution in [2.24, 2.45) is 5.14 Å². The van der Waals surface area contributed by atoms with Crippen molar-refractivity contribution in [2.45, 2.75) is 31.1 Å². The summed E-state index contributed by atoms with van der Waals surface area (Å²) in [7, 11) is -3.72. The van der Waals surface area contributed by atoms with Crippen LogP contribution in [0.5, 0.6) is 0 Å². The Labute approximate surface area is 159 Å². The van der Waals surface area contributed by atoms with Gasteiger partial charge < -0.3 is 10.6 Å². The number of nitrogens with two attached hydrogens (primary N) is 1. The van der Waals surface area contributed by atoms with Crippen LogP contribution in [0.4, 0.5) is 5.69 Å². The van der Waals surface area contributed by atoms with E-state index in [1.807, 2.05) is 12.1 Å². The minimum absolute atomic E-state index is 0.0261. The predicted octanol–water partition coefficient (Wildman–Crippen LogP) is 1.75. The normalized spacial score (nSPS) is 11.3. The third-order valence-corrected chi connectivity index (χ3v) is 4.92. The van der Waals surface area contributed by atoms with Crippen molar-refractivity contribution in [3.05, 3.63) is 59.7 Å². The van der Waals surface area contributed by atoms with Crippen LogP contribution in [0.1, 0.15) is 30.9 Å². The molecule has 0 atom stereocenters. The van der Waals surface area contributed by atoms with Gasteiger partial charge in [-0.2, -0.15) is 0 Å². The topological polar surface area (TPSA) is 118 Å². The Morgan fingerprint density at radius 2 is 1.56 bits per heavy atom. The van der Waals surface area contributed by atoms with Crippen LogP contribution in [-0.4, -0.2) is 26.8 Å². The molecule has 4 N–H and O–H groups in total. The fourth-order valence-corrected chi connectivity index (χ4v) is 2.90. The number of hydrogen-bond acceptors (Lipinski definition) is 4. The molecule has 0 heterocycles. The van der Waals surface area contributed by atoms with Crippen molar-refractivity contribution >= 4 is 27.5 Å². The second-order valence-corrected chi connectivity index (χ2v) is 7.99. The highest BCUT2D eigenvalue weighted by Gasteiger charge is 2.13. The van der Waals surface area contributed by atoms with Crippen LogP contribution >= 0.6 is 0 Å². The lowest BCUT2D eigenvalue weighted by molar-refractivity contribution is -0.136. The first-order valence-electron chi connectivity index (χ1n) is 8.47. The lowest BCUT2D eigenvalue weighted by Crippen LogP contribution is -2.36. The molecule has 0 aromatic heterocycles. The summed E-state index contributed by atoms with van der Waals surface area (Å²) in [4.78, 5) is 23.8. The summed E-state index contributed by atoms with van der Waals surface area (Å²) >= 11 is 0. The summed E-state index contributed by atoms with van der Waals surface area (Å²) in [5.41, 5.74) is 2.51. The van der Waals surface area contributed by atoms with Gasteiger partial charge >= 0.3 is 11.8 Å². The minimum atomic E-state index is -3.72. The number of nitrogens with one attached hydrogen (secondary N) is 2. The zero-order valence-electron chi connectivity index (χ0n) is 15.2. The Morgan fingerprint density at radius 3 is 2.07 bits per heavy atom. The maximum Gasteiger partial charge on any atom is 0.313 e. The van der Waals surface area contributed by atoms with Gasteiger partial charge in [-0.05, 0) is 47.7 Å². The first-order chi connectivity index (χ1) is 12.7. The fourth-order valence-electron chi connectivity index (χ4n) is 2.39. The van der Waals surface area contributed by atoms with Crippen LogP contribution < -0.4 is 15.8 Å². The Kier molecular flexibility index (Phi) is 6.70. The molecular weight excluding hydrogens is 366 g/mol. The molecule has 27 heavy (non-hydrogen) atoms. The van der Waals surface area contributed by atoms with E-state index in [0.717, 1.165) is 11.1 Å². The average Bonchev–Trinajstić information content (AvgIpc) is 2.61. The molecule has 7 nitrogen and oxygen atoms in total. The van der Waals surface area contributed by atoms with Gasteiger partial charge in [0.15, 0.2) is 0 Å². The quantitative estimate of drug-likeness (QED) is 0.652. The first-order valence-corrected chi connectivity index (χ1v) is 10.0. The summed E-state index contributed by atoms with van der Waals surface area (Å²) in [6.07, 6.45) is 0.451. The molecule has 0 aliphatic rings. The van der Waals surface area contributed by atoms with Crippen molar-refractivity contribution in [2.75, 3.05) is 11.9 Å². The van der Waals surface area contributed by atoms with E-state index in [1.165, 1.54) is 12.1 Å². The lowest BCUT2D eigenvalue weighted by atomic mass is 10.0. The standard InChI is InChI=1S/C19H23N3O4S/c1-13(2)15-5-7-16(8-6-15)22-19(24)18(23)21-12-11-14-3-9-17(10-4-14)27(20,25)26/h3-10,13H,11-12H2,1-2H3,(H,21,23)(H,22,24)(H2,20,25,26). The third-order valence-electron chi connectivity index (χ3n) is 3.99. The number of hydrogen-bond donors (Lipinski definition) is 3. The summed E-state index contributed by atoms with van der Waals surface area (Å²) < 4.78 is 22.4. The summed E-state index contributed by atoms with van der Waals surface area (Å²) in [6.45, 7) is 4.39. The van der Waals surface area contributed by atoms with Gasteiger partial charge in [-0.3, -0.25) is 9.59 Å². The predicted molar refractivity (Wildman–Crippen MR) is 104 cm³/mol. The molecule has 0 bridgehead atoms. The van der Waals surface area contributed by atoms with Crippen LogP contribution in [0, 0.1) is 0 Å². The first kappa shape index (κ1) is 20.6. The second kappa shape index (κ2) is 8.79. The largest absolute Gasteiger partial charge is 0.347 e. The number of primary sulfonamides is 1. The Balaban J connectivity index is 1.82. The van der Waals surface area contributed by atoms with Gasteiger partial charge in [0.25, 0.3) is 0 Å². The molecule has 0 aliphatic carbocycles. The number of anilines is 1. The number of carbonyl (C=O) groups excluding carboxylic acids is 2. The number of rotatable bonds is 6. The van der Waals surface area contributed by atoms with Crippen LogP contribution in [0.25, 0.3) is 0 Å².